The Morgan fingerprint density at radius 3 is 2.79 bits per heavy atom. The van der Waals surface area contributed by atoms with Crippen molar-refractivity contribution in [3.05, 3.63) is 75.7 Å². The molecule has 0 fully saturated rings. The number of nitrogens with one attached hydrogen (secondary N) is 1. The highest BCUT2D eigenvalue weighted by Crippen LogP contribution is 2.28. The maximum Gasteiger partial charge on any atom is 0.256 e. The first-order chi connectivity index (χ1) is 14.0. The van der Waals surface area contributed by atoms with Crippen molar-refractivity contribution < 1.29 is 9.53 Å². The highest BCUT2D eigenvalue weighted by molar-refractivity contribution is 9.10. The minimum atomic E-state index is -0.211. The molecule has 1 amide bonds. The van der Waals surface area contributed by atoms with Crippen LogP contribution in [0.1, 0.15) is 16.1 Å². The van der Waals surface area contributed by atoms with Crippen LogP contribution < -0.4 is 10.1 Å². The van der Waals surface area contributed by atoms with E-state index in [2.05, 4.69) is 26.3 Å². The Morgan fingerprint density at radius 2 is 2.00 bits per heavy atom. The number of thiazole rings is 1. The molecule has 4 aromatic rings. The number of ether oxygens (including phenoxy) is 1. The van der Waals surface area contributed by atoms with Gasteiger partial charge in [0.2, 0.25) is 5.13 Å². The Kier molecular flexibility index (Phi) is 5.46. The van der Waals surface area contributed by atoms with Gasteiger partial charge < -0.3 is 10.1 Å². The fraction of sp³-hybridized carbons (Fsp3) is 0.0952. The molecule has 2 aromatic heterocycles. The lowest BCUT2D eigenvalue weighted by molar-refractivity contribution is 0.102. The number of hydrogen-bond acceptors (Lipinski definition) is 5. The maximum absolute atomic E-state index is 12.7. The number of nitrogens with zero attached hydrogens (tertiary/aromatic N) is 3. The Balaban J connectivity index is 1.63. The topological polar surface area (TPSA) is 69.0 Å². The molecule has 0 aliphatic carbocycles. The van der Waals surface area contributed by atoms with Gasteiger partial charge in [-0.1, -0.05) is 34.1 Å². The molecule has 0 saturated heterocycles. The lowest BCUT2D eigenvalue weighted by atomic mass is 10.2. The molecule has 0 aliphatic heterocycles. The predicted octanol–water partition coefficient (Wildman–Crippen LogP) is 5.33. The number of methoxy groups -OCH3 is 1. The molecule has 0 saturated carbocycles. The van der Waals surface area contributed by atoms with Crippen LogP contribution in [0.25, 0.3) is 16.4 Å². The molecule has 0 spiro atoms. The van der Waals surface area contributed by atoms with Crippen LogP contribution in [0.3, 0.4) is 0 Å². The maximum atomic E-state index is 12.7. The molecular weight excluding hydrogens is 452 g/mol. The van der Waals surface area contributed by atoms with Gasteiger partial charge in [0.25, 0.3) is 5.91 Å². The molecule has 0 bridgehead atoms. The minimum Gasteiger partial charge on any atom is -0.497 e. The van der Waals surface area contributed by atoms with Gasteiger partial charge in [-0.2, -0.15) is 9.78 Å². The summed E-state index contributed by atoms with van der Waals surface area (Å²) in [5, 5.41) is 10.1. The van der Waals surface area contributed by atoms with Crippen molar-refractivity contribution in [1.82, 2.24) is 14.8 Å². The van der Waals surface area contributed by atoms with E-state index in [0.29, 0.717) is 16.5 Å². The molecule has 8 heteroatoms. The van der Waals surface area contributed by atoms with E-state index in [1.165, 1.54) is 11.3 Å². The van der Waals surface area contributed by atoms with Crippen molar-refractivity contribution in [3.8, 4) is 22.1 Å². The quantitative estimate of drug-likeness (QED) is 0.429. The fourth-order valence-corrected chi connectivity index (χ4v) is 4.02. The van der Waals surface area contributed by atoms with E-state index < -0.39 is 0 Å². The molecule has 4 rings (SSSR count). The molecule has 2 heterocycles. The molecule has 0 atom stereocenters. The smallest absolute Gasteiger partial charge is 0.256 e. The van der Waals surface area contributed by atoms with Crippen molar-refractivity contribution in [2.45, 2.75) is 6.92 Å². The van der Waals surface area contributed by atoms with Crippen LogP contribution in [0.15, 0.2) is 64.5 Å². The van der Waals surface area contributed by atoms with E-state index >= 15 is 0 Å². The highest BCUT2D eigenvalue weighted by Gasteiger charge is 2.15. The zero-order chi connectivity index (χ0) is 20.4. The SMILES string of the molecule is COc1cccc(-c2csc(-n3nc(C)cc3NC(=O)c3cccc(Br)c3)n2)c1. The van der Waals surface area contributed by atoms with E-state index in [1.807, 2.05) is 54.8 Å². The number of aryl methyl sites for hydroxylation is 1. The zero-order valence-electron chi connectivity index (χ0n) is 15.7. The molecule has 146 valence electrons. The molecule has 29 heavy (non-hydrogen) atoms. The van der Waals surface area contributed by atoms with Gasteiger partial charge in [-0.3, -0.25) is 4.79 Å². The monoisotopic (exact) mass is 468 g/mol. The molecular formula is C21H17BrN4O2S. The van der Waals surface area contributed by atoms with E-state index in [-0.39, 0.29) is 5.91 Å². The van der Waals surface area contributed by atoms with E-state index in [9.17, 15) is 4.79 Å². The van der Waals surface area contributed by atoms with Gasteiger partial charge in [0, 0.05) is 27.0 Å². The third-order valence-corrected chi connectivity index (χ3v) is 5.51. The van der Waals surface area contributed by atoms with Gasteiger partial charge in [0.1, 0.15) is 11.6 Å². The molecule has 0 aliphatic rings. The van der Waals surface area contributed by atoms with Gasteiger partial charge in [0.05, 0.1) is 18.5 Å². The highest BCUT2D eigenvalue weighted by atomic mass is 79.9. The van der Waals surface area contributed by atoms with Crippen molar-refractivity contribution in [1.29, 1.82) is 0 Å². The van der Waals surface area contributed by atoms with Crippen LogP contribution in [0.2, 0.25) is 0 Å². The van der Waals surface area contributed by atoms with Crippen LogP contribution >= 0.6 is 27.3 Å². The first-order valence-corrected chi connectivity index (χ1v) is 10.4. The summed E-state index contributed by atoms with van der Waals surface area (Å²) in [6.45, 7) is 1.88. The van der Waals surface area contributed by atoms with Crippen LogP contribution in [-0.4, -0.2) is 27.8 Å². The second-order valence-electron chi connectivity index (χ2n) is 6.29. The summed E-state index contributed by atoms with van der Waals surface area (Å²) in [6, 6.07) is 16.8. The number of carbonyl (C=O) groups is 1. The van der Waals surface area contributed by atoms with Gasteiger partial charge in [-0.15, -0.1) is 11.3 Å². The second-order valence-corrected chi connectivity index (χ2v) is 8.05. The summed E-state index contributed by atoms with van der Waals surface area (Å²) in [5.41, 5.74) is 3.12. The fourth-order valence-electron chi connectivity index (χ4n) is 2.83. The third kappa shape index (κ3) is 4.23. The first-order valence-electron chi connectivity index (χ1n) is 8.77. The summed E-state index contributed by atoms with van der Waals surface area (Å²) in [5.74, 6) is 1.13. The number of benzene rings is 2. The molecule has 1 N–H and O–H groups in total. The normalized spacial score (nSPS) is 10.7. The Hall–Kier alpha value is -2.97. The Morgan fingerprint density at radius 1 is 1.17 bits per heavy atom. The molecule has 2 aromatic carbocycles. The van der Waals surface area contributed by atoms with E-state index in [0.717, 1.165) is 27.2 Å². The number of rotatable bonds is 5. The van der Waals surface area contributed by atoms with Gasteiger partial charge in [-0.05, 0) is 37.3 Å². The molecule has 6 nitrogen and oxygen atoms in total. The number of amides is 1. The van der Waals surface area contributed by atoms with Gasteiger partial charge in [-0.25, -0.2) is 4.98 Å². The van der Waals surface area contributed by atoms with Gasteiger partial charge in [0.15, 0.2) is 0 Å². The van der Waals surface area contributed by atoms with Crippen LogP contribution in [0.4, 0.5) is 5.82 Å². The standard InChI is InChI=1S/C21H17BrN4O2S/c1-13-9-19(24-20(27)15-6-3-7-16(22)10-15)26(25-13)21-23-18(12-29-21)14-5-4-8-17(11-14)28-2/h3-12H,1-2H3,(H,24,27). The molecule has 0 radical (unpaired) electrons. The number of carbonyl (C=O) groups excluding carboxylic acids is 1. The number of hydrogen-bond donors (Lipinski definition) is 1. The number of aromatic nitrogens is 3. The van der Waals surface area contributed by atoms with Crippen molar-refractivity contribution >= 4 is 39.0 Å². The summed E-state index contributed by atoms with van der Waals surface area (Å²) in [7, 11) is 1.64. The third-order valence-electron chi connectivity index (χ3n) is 4.20. The van der Waals surface area contributed by atoms with E-state index in [1.54, 1.807) is 23.9 Å². The Bertz CT molecular complexity index is 1180. The van der Waals surface area contributed by atoms with Crippen molar-refractivity contribution in [2.75, 3.05) is 12.4 Å². The summed E-state index contributed by atoms with van der Waals surface area (Å²) in [4.78, 5) is 17.4. The van der Waals surface area contributed by atoms with Crippen molar-refractivity contribution in [3.63, 3.8) is 0 Å². The van der Waals surface area contributed by atoms with Crippen molar-refractivity contribution in [2.24, 2.45) is 0 Å². The summed E-state index contributed by atoms with van der Waals surface area (Å²) in [6.07, 6.45) is 0. The Labute approximate surface area is 180 Å². The second kappa shape index (κ2) is 8.18. The predicted molar refractivity (Wildman–Crippen MR) is 118 cm³/mol. The van der Waals surface area contributed by atoms with Crippen LogP contribution in [0, 0.1) is 6.92 Å². The van der Waals surface area contributed by atoms with Crippen LogP contribution in [0.5, 0.6) is 5.75 Å². The number of anilines is 1. The van der Waals surface area contributed by atoms with Gasteiger partial charge >= 0.3 is 0 Å². The van der Waals surface area contributed by atoms with Crippen LogP contribution in [-0.2, 0) is 0 Å². The first kappa shape index (κ1) is 19.4. The summed E-state index contributed by atoms with van der Waals surface area (Å²) < 4.78 is 7.79. The zero-order valence-corrected chi connectivity index (χ0v) is 18.1. The largest absolute Gasteiger partial charge is 0.497 e. The summed E-state index contributed by atoms with van der Waals surface area (Å²) >= 11 is 4.85. The lowest BCUT2D eigenvalue weighted by Gasteiger charge is -2.07. The molecule has 0 unspecified atom stereocenters. The lowest BCUT2D eigenvalue weighted by Crippen LogP contribution is -2.15. The average molecular weight is 469 g/mol. The average Bonchev–Trinajstić information content (AvgIpc) is 3.34. The minimum absolute atomic E-state index is 0.211. The number of halogens is 1. The van der Waals surface area contributed by atoms with E-state index in [4.69, 9.17) is 9.72 Å².